The fourth-order valence-corrected chi connectivity index (χ4v) is 4.06. The van der Waals surface area contributed by atoms with E-state index in [1.165, 1.54) is 0 Å². The van der Waals surface area contributed by atoms with Crippen LogP contribution in [0, 0.1) is 5.92 Å². The maximum Gasteiger partial charge on any atom is 0.292 e. The molecule has 0 saturated carbocycles. The number of para-hydroxylation sites is 1. The number of aromatic nitrogens is 1. The molecule has 2 aliphatic rings. The van der Waals surface area contributed by atoms with Gasteiger partial charge in [0.25, 0.3) is 11.8 Å². The Hall–Kier alpha value is -2.67. The molecule has 2 saturated heterocycles. The van der Waals surface area contributed by atoms with E-state index in [-0.39, 0.29) is 18.4 Å². The third kappa shape index (κ3) is 4.19. The van der Waals surface area contributed by atoms with Crippen LogP contribution in [0.15, 0.2) is 40.9 Å². The molecule has 29 heavy (non-hydrogen) atoms. The molecule has 0 atom stereocenters. The third-order valence-electron chi connectivity index (χ3n) is 5.67. The molecule has 0 N–H and O–H groups in total. The van der Waals surface area contributed by atoms with E-state index in [4.69, 9.17) is 9.26 Å². The molecule has 2 aliphatic heterocycles. The van der Waals surface area contributed by atoms with Crippen molar-refractivity contribution in [2.45, 2.75) is 38.7 Å². The lowest BCUT2D eigenvalue weighted by Crippen LogP contribution is -2.59. The number of hydrogen-bond acceptors (Lipinski definition) is 5. The number of morpholine rings is 1. The van der Waals surface area contributed by atoms with E-state index in [0.717, 1.165) is 17.8 Å². The van der Waals surface area contributed by atoms with E-state index >= 15 is 0 Å². The van der Waals surface area contributed by atoms with Crippen molar-refractivity contribution in [2.75, 3.05) is 31.1 Å². The van der Waals surface area contributed by atoms with Gasteiger partial charge in [-0.25, -0.2) is 0 Å². The topological polar surface area (TPSA) is 75.9 Å². The molecule has 3 heterocycles. The van der Waals surface area contributed by atoms with E-state index in [9.17, 15) is 9.59 Å². The summed E-state index contributed by atoms with van der Waals surface area (Å²) < 4.78 is 11.3. The second-order valence-corrected chi connectivity index (χ2v) is 8.36. The molecule has 154 valence electrons. The first kappa shape index (κ1) is 19.6. The van der Waals surface area contributed by atoms with Crippen molar-refractivity contribution in [3.05, 3.63) is 47.9 Å². The van der Waals surface area contributed by atoms with Crippen LogP contribution in [0.4, 0.5) is 5.69 Å². The van der Waals surface area contributed by atoms with E-state index in [0.29, 0.717) is 44.2 Å². The quantitative estimate of drug-likeness (QED) is 0.793. The Morgan fingerprint density at radius 3 is 2.62 bits per heavy atom. The zero-order chi connectivity index (χ0) is 20.4. The minimum absolute atomic E-state index is 0.0281. The molecule has 7 nitrogen and oxygen atoms in total. The average molecular weight is 397 g/mol. The van der Waals surface area contributed by atoms with Crippen molar-refractivity contribution in [3.63, 3.8) is 0 Å². The zero-order valence-electron chi connectivity index (χ0n) is 17.0. The number of ether oxygens (including phenoxy) is 1. The van der Waals surface area contributed by atoms with Gasteiger partial charge in [-0.2, -0.15) is 0 Å². The summed E-state index contributed by atoms with van der Waals surface area (Å²) in [6.45, 7) is 5.93. The van der Waals surface area contributed by atoms with Gasteiger partial charge in [0.15, 0.2) is 0 Å². The lowest BCUT2D eigenvalue weighted by atomic mass is 9.89. The molecule has 1 aromatic carbocycles. The van der Waals surface area contributed by atoms with Gasteiger partial charge in [-0.15, -0.1) is 0 Å². The summed E-state index contributed by atoms with van der Waals surface area (Å²) in [5.41, 5.74) is 1.28. The summed E-state index contributed by atoms with van der Waals surface area (Å²) in [4.78, 5) is 28.8. The number of amides is 2. The normalized spacial score (nSPS) is 19.2. The molecule has 0 radical (unpaired) electrons. The summed E-state index contributed by atoms with van der Waals surface area (Å²) in [5.74, 6) is 0.590. The molecule has 0 unspecified atom stereocenters. The highest BCUT2D eigenvalue weighted by atomic mass is 16.5. The third-order valence-corrected chi connectivity index (χ3v) is 5.67. The number of rotatable bonds is 4. The van der Waals surface area contributed by atoms with Gasteiger partial charge in [0.1, 0.15) is 6.61 Å². The van der Waals surface area contributed by atoms with E-state index in [1.54, 1.807) is 15.9 Å². The largest absolute Gasteiger partial charge is 0.363 e. The molecule has 4 rings (SSSR count). The maximum atomic E-state index is 12.8. The van der Waals surface area contributed by atoms with Gasteiger partial charge < -0.3 is 19.1 Å². The van der Waals surface area contributed by atoms with Crippen molar-refractivity contribution in [1.29, 1.82) is 0 Å². The van der Waals surface area contributed by atoms with E-state index in [2.05, 4.69) is 19.0 Å². The smallest absolute Gasteiger partial charge is 0.292 e. The maximum absolute atomic E-state index is 12.8. The summed E-state index contributed by atoms with van der Waals surface area (Å²) in [5, 5.41) is 4.02. The molecule has 2 aromatic rings. The summed E-state index contributed by atoms with van der Waals surface area (Å²) >= 11 is 0. The van der Waals surface area contributed by atoms with Crippen LogP contribution in [0.5, 0.6) is 0 Å². The van der Waals surface area contributed by atoms with Gasteiger partial charge in [0.2, 0.25) is 5.76 Å². The van der Waals surface area contributed by atoms with Crippen molar-refractivity contribution in [2.24, 2.45) is 5.92 Å². The molecule has 1 aromatic heterocycles. The second-order valence-electron chi connectivity index (χ2n) is 8.36. The fraction of sp³-hybridized carbons (Fsp3) is 0.500. The van der Waals surface area contributed by atoms with Gasteiger partial charge in [-0.05, 0) is 37.3 Å². The Kier molecular flexibility index (Phi) is 5.41. The number of carbonyl (C=O) groups is 2. The summed E-state index contributed by atoms with van der Waals surface area (Å²) in [7, 11) is 0. The van der Waals surface area contributed by atoms with Crippen LogP contribution in [-0.4, -0.2) is 53.7 Å². The lowest BCUT2D eigenvalue weighted by Gasteiger charge is -2.46. The number of carbonyl (C=O) groups excluding carboxylic acids is 2. The number of anilines is 1. The Bertz CT molecular complexity index is 869. The van der Waals surface area contributed by atoms with Gasteiger partial charge in [-0.3, -0.25) is 9.59 Å². The predicted molar refractivity (Wildman–Crippen MR) is 108 cm³/mol. The number of benzene rings is 1. The summed E-state index contributed by atoms with van der Waals surface area (Å²) in [6.07, 6.45) is 2.15. The standard InChI is InChI=1S/C22H27N3O4/c1-16(2)12-17-13-19(29-23-17)21(27)24-10-8-22(9-11-24)15-25(20(26)14-28-22)18-6-4-3-5-7-18/h3-7,13,16H,8-12,14-15H2,1-2H3. The minimum atomic E-state index is -0.412. The van der Waals surface area contributed by atoms with Crippen LogP contribution in [0.2, 0.25) is 0 Å². The molecule has 2 fully saturated rings. The molecule has 1 spiro atoms. The highest BCUT2D eigenvalue weighted by Crippen LogP contribution is 2.33. The van der Waals surface area contributed by atoms with Crippen LogP contribution in [0.3, 0.4) is 0 Å². The minimum Gasteiger partial charge on any atom is -0.363 e. The zero-order valence-corrected chi connectivity index (χ0v) is 17.0. The van der Waals surface area contributed by atoms with Crippen LogP contribution in [0.1, 0.15) is 42.9 Å². The number of piperidine rings is 1. The first-order valence-electron chi connectivity index (χ1n) is 10.2. The van der Waals surface area contributed by atoms with E-state index in [1.807, 2.05) is 30.3 Å². The van der Waals surface area contributed by atoms with Gasteiger partial charge in [-0.1, -0.05) is 37.2 Å². The SMILES string of the molecule is CC(C)Cc1cc(C(=O)N2CCC3(CC2)CN(c2ccccc2)C(=O)CO3)on1. The Morgan fingerprint density at radius 1 is 1.21 bits per heavy atom. The Balaban J connectivity index is 1.40. The molecule has 0 aliphatic carbocycles. The predicted octanol–water partition coefficient (Wildman–Crippen LogP) is 2.91. The van der Waals surface area contributed by atoms with E-state index < -0.39 is 5.60 Å². The van der Waals surface area contributed by atoms with Crippen molar-refractivity contribution in [1.82, 2.24) is 10.1 Å². The van der Waals surface area contributed by atoms with Crippen LogP contribution >= 0.6 is 0 Å². The number of likely N-dealkylation sites (tertiary alicyclic amines) is 1. The van der Waals surface area contributed by atoms with Crippen molar-refractivity contribution >= 4 is 17.5 Å². The number of hydrogen-bond donors (Lipinski definition) is 0. The molecular formula is C22H27N3O4. The second kappa shape index (κ2) is 7.99. The highest BCUT2D eigenvalue weighted by molar-refractivity contribution is 5.95. The Labute approximate surface area is 170 Å². The van der Waals surface area contributed by atoms with Crippen molar-refractivity contribution < 1.29 is 18.8 Å². The first-order chi connectivity index (χ1) is 14.0. The monoisotopic (exact) mass is 397 g/mol. The average Bonchev–Trinajstić information content (AvgIpc) is 3.18. The van der Waals surface area contributed by atoms with Crippen LogP contribution in [0.25, 0.3) is 0 Å². The highest BCUT2D eigenvalue weighted by Gasteiger charge is 2.43. The molecule has 7 heteroatoms. The molecule has 0 bridgehead atoms. The lowest BCUT2D eigenvalue weighted by molar-refractivity contribution is -0.143. The fourth-order valence-electron chi connectivity index (χ4n) is 4.06. The van der Waals surface area contributed by atoms with Gasteiger partial charge in [0.05, 0.1) is 17.8 Å². The molecular weight excluding hydrogens is 370 g/mol. The van der Waals surface area contributed by atoms with Gasteiger partial charge >= 0.3 is 0 Å². The Morgan fingerprint density at radius 2 is 1.93 bits per heavy atom. The van der Waals surface area contributed by atoms with Gasteiger partial charge in [0, 0.05) is 24.8 Å². The number of nitrogens with zero attached hydrogens (tertiary/aromatic N) is 3. The van der Waals surface area contributed by atoms with Crippen molar-refractivity contribution in [3.8, 4) is 0 Å². The van der Waals surface area contributed by atoms with Crippen LogP contribution < -0.4 is 4.90 Å². The van der Waals surface area contributed by atoms with Crippen LogP contribution in [-0.2, 0) is 16.0 Å². The molecule has 2 amide bonds. The summed E-state index contributed by atoms with van der Waals surface area (Å²) in [6, 6.07) is 11.4. The first-order valence-corrected chi connectivity index (χ1v) is 10.2.